The Morgan fingerprint density at radius 2 is 2.33 bits per heavy atom. The molecule has 1 saturated carbocycles. The molecule has 1 aromatic heterocycles. The number of hydrogen-bond acceptors (Lipinski definition) is 3. The number of H-pyrrole nitrogens is 1. The Balaban J connectivity index is 1.91. The smallest absolute Gasteiger partial charge is 0.326 e. The normalized spacial score (nSPS) is 21.7. The Morgan fingerprint density at radius 1 is 1.57 bits per heavy atom. The molecule has 2 atom stereocenters. The minimum Gasteiger partial charge on any atom is -0.480 e. The van der Waals surface area contributed by atoms with E-state index in [0.717, 1.165) is 19.3 Å². The number of amides is 2. The molecule has 1 unspecified atom stereocenters. The predicted octanol–water partition coefficient (Wildman–Crippen LogP) is 1.28. The van der Waals surface area contributed by atoms with Gasteiger partial charge >= 0.3 is 12.0 Å². The van der Waals surface area contributed by atoms with Crippen LogP contribution >= 0.6 is 0 Å². The molecule has 0 radical (unpaired) electrons. The highest BCUT2D eigenvalue weighted by Crippen LogP contribution is 2.37. The number of nitrogens with one attached hydrogen (secondary N) is 3. The van der Waals surface area contributed by atoms with E-state index in [1.54, 1.807) is 6.20 Å². The lowest BCUT2D eigenvalue weighted by Gasteiger charge is -2.28. The van der Waals surface area contributed by atoms with Crippen LogP contribution in [0.3, 0.4) is 0 Å². The number of aliphatic carboxylic acids is 1. The average molecular weight is 294 g/mol. The molecule has 1 fully saturated rings. The van der Waals surface area contributed by atoms with Crippen LogP contribution in [0.15, 0.2) is 12.5 Å². The van der Waals surface area contributed by atoms with Gasteiger partial charge in [0.1, 0.15) is 6.04 Å². The van der Waals surface area contributed by atoms with Gasteiger partial charge in [-0.05, 0) is 18.3 Å². The van der Waals surface area contributed by atoms with Gasteiger partial charge in [-0.3, -0.25) is 0 Å². The summed E-state index contributed by atoms with van der Waals surface area (Å²) in [6.45, 7) is 4.23. The van der Waals surface area contributed by atoms with E-state index < -0.39 is 18.0 Å². The van der Waals surface area contributed by atoms with Crippen molar-refractivity contribution in [3.63, 3.8) is 0 Å². The molecule has 0 aromatic carbocycles. The Kier molecular flexibility index (Phi) is 4.50. The number of carboxylic acid groups (broad SMARTS) is 1. The standard InChI is InChI=1S/C14H22N4O3/c1-14(2)5-3-4-11(14)18-13(21)17-10(12(19)20)6-9-7-15-8-16-9/h7-8,10-11H,3-6H2,1-2H3,(H,15,16)(H,19,20)(H2,17,18,21)/t10-,11?/m1/s1. The molecular formula is C14H22N4O3. The highest BCUT2D eigenvalue weighted by Gasteiger charge is 2.35. The van der Waals surface area contributed by atoms with Gasteiger partial charge in [-0.25, -0.2) is 14.6 Å². The zero-order valence-corrected chi connectivity index (χ0v) is 12.3. The van der Waals surface area contributed by atoms with Gasteiger partial charge in [0.05, 0.1) is 6.33 Å². The second-order valence-electron chi connectivity index (χ2n) is 6.22. The number of rotatable bonds is 5. The molecule has 2 amide bonds. The van der Waals surface area contributed by atoms with Crippen molar-refractivity contribution < 1.29 is 14.7 Å². The van der Waals surface area contributed by atoms with Crippen LogP contribution in [-0.2, 0) is 11.2 Å². The fraction of sp³-hybridized carbons (Fsp3) is 0.643. The fourth-order valence-corrected chi connectivity index (χ4v) is 2.77. The summed E-state index contributed by atoms with van der Waals surface area (Å²) in [5.74, 6) is -1.06. The number of carbonyl (C=O) groups excluding carboxylic acids is 1. The second-order valence-corrected chi connectivity index (χ2v) is 6.22. The highest BCUT2D eigenvalue weighted by atomic mass is 16.4. The number of carboxylic acids is 1. The van der Waals surface area contributed by atoms with Gasteiger partial charge in [-0.1, -0.05) is 20.3 Å². The zero-order valence-electron chi connectivity index (χ0n) is 12.3. The topological polar surface area (TPSA) is 107 Å². The first-order valence-electron chi connectivity index (χ1n) is 7.15. The molecule has 7 heteroatoms. The van der Waals surface area contributed by atoms with Crippen molar-refractivity contribution in [2.24, 2.45) is 5.41 Å². The highest BCUT2D eigenvalue weighted by molar-refractivity contribution is 5.82. The molecule has 7 nitrogen and oxygen atoms in total. The second kappa shape index (κ2) is 6.15. The molecular weight excluding hydrogens is 272 g/mol. The molecule has 0 saturated heterocycles. The number of imidazole rings is 1. The maximum Gasteiger partial charge on any atom is 0.326 e. The molecule has 1 aliphatic rings. The van der Waals surface area contributed by atoms with Crippen molar-refractivity contribution in [1.29, 1.82) is 0 Å². The number of carbonyl (C=O) groups is 2. The molecule has 2 rings (SSSR count). The van der Waals surface area contributed by atoms with Crippen LogP contribution in [0.25, 0.3) is 0 Å². The third-order valence-electron chi connectivity index (χ3n) is 4.14. The lowest BCUT2D eigenvalue weighted by Crippen LogP contribution is -2.51. The van der Waals surface area contributed by atoms with Crippen molar-refractivity contribution in [1.82, 2.24) is 20.6 Å². The van der Waals surface area contributed by atoms with Crippen LogP contribution in [0.2, 0.25) is 0 Å². The molecule has 1 aliphatic carbocycles. The van der Waals surface area contributed by atoms with E-state index in [4.69, 9.17) is 0 Å². The van der Waals surface area contributed by atoms with E-state index in [0.29, 0.717) is 5.69 Å². The summed E-state index contributed by atoms with van der Waals surface area (Å²) in [5.41, 5.74) is 0.725. The van der Waals surface area contributed by atoms with Gasteiger partial charge in [0.2, 0.25) is 0 Å². The number of aromatic amines is 1. The largest absolute Gasteiger partial charge is 0.480 e. The molecule has 0 bridgehead atoms. The average Bonchev–Trinajstić information content (AvgIpc) is 2.99. The number of urea groups is 1. The summed E-state index contributed by atoms with van der Waals surface area (Å²) < 4.78 is 0. The SMILES string of the molecule is CC1(C)CCCC1NC(=O)N[C@H](Cc1cnc[nH]1)C(=O)O. The van der Waals surface area contributed by atoms with Crippen LogP contribution in [0.1, 0.15) is 38.8 Å². The Hall–Kier alpha value is -2.05. The van der Waals surface area contributed by atoms with Gasteiger partial charge < -0.3 is 20.7 Å². The van der Waals surface area contributed by atoms with Crippen LogP contribution in [-0.4, -0.2) is 39.2 Å². The molecule has 116 valence electrons. The summed E-state index contributed by atoms with van der Waals surface area (Å²) >= 11 is 0. The maximum absolute atomic E-state index is 12.0. The summed E-state index contributed by atoms with van der Waals surface area (Å²) in [7, 11) is 0. The fourth-order valence-electron chi connectivity index (χ4n) is 2.77. The first-order chi connectivity index (χ1) is 9.88. The van der Waals surface area contributed by atoms with Crippen molar-refractivity contribution in [2.45, 2.75) is 51.6 Å². The van der Waals surface area contributed by atoms with E-state index in [1.165, 1.54) is 6.33 Å². The van der Waals surface area contributed by atoms with E-state index >= 15 is 0 Å². The van der Waals surface area contributed by atoms with Crippen molar-refractivity contribution >= 4 is 12.0 Å². The van der Waals surface area contributed by atoms with Crippen molar-refractivity contribution in [3.8, 4) is 0 Å². The van der Waals surface area contributed by atoms with Gasteiger partial charge in [0, 0.05) is 24.4 Å². The van der Waals surface area contributed by atoms with Crippen molar-refractivity contribution in [2.75, 3.05) is 0 Å². The van der Waals surface area contributed by atoms with Gasteiger partial charge in [0.25, 0.3) is 0 Å². The molecule has 4 N–H and O–H groups in total. The Morgan fingerprint density at radius 3 is 2.86 bits per heavy atom. The van der Waals surface area contributed by atoms with Gasteiger partial charge in [0.15, 0.2) is 0 Å². The first kappa shape index (κ1) is 15.3. The number of nitrogens with zero attached hydrogens (tertiary/aromatic N) is 1. The first-order valence-corrected chi connectivity index (χ1v) is 7.15. The Bertz CT molecular complexity index is 498. The summed E-state index contributed by atoms with van der Waals surface area (Å²) in [5, 5.41) is 14.6. The minimum atomic E-state index is -1.06. The van der Waals surface area contributed by atoms with E-state index in [1.807, 2.05) is 0 Å². The zero-order chi connectivity index (χ0) is 15.5. The van der Waals surface area contributed by atoms with Crippen LogP contribution < -0.4 is 10.6 Å². The maximum atomic E-state index is 12.0. The van der Waals surface area contributed by atoms with E-state index in [-0.39, 0.29) is 17.9 Å². The van der Waals surface area contributed by atoms with Crippen LogP contribution in [0.4, 0.5) is 4.79 Å². The molecule has 0 aliphatic heterocycles. The predicted molar refractivity (Wildman–Crippen MR) is 76.8 cm³/mol. The van der Waals surface area contributed by atoms with Crippen LogP contribution in [0, 0.1) is 5.41 Å². The molecule has 21 heavy (non-hydrogen) atoms. The lowest BCUT2D eigenvalue weighted by molar-refractivity contribution is -0.139. The third-order valence-corrected chi connectivity index (χ3v) is 4.14. The summed E-state index contributed by atoms with van der Waals surface area (Å²) in [4.78, 5) is 29.9. The van der Waals surface area contributed by atoms with E-state index in [9.17, 15) is 14.7 Å². The quantitative estimate of drug-likeness (QED) is 0.656. The lowest BCUT2D eigenvalue weighted by atomic mass is 9.87. The summed E-state index contributed by atoms with van der Waals surface area (Å²) in [6, 6.07) is -1.32. The van der Waals surface area contributed by atoms with E-state index in [2.05, 4.69) is 34.4 Å². The monoisotopic (exact) mass is 294 g/mol. The van der Waals surface area contributed by atoms with Crippen molar-refractivity contribution in [3.05, 3.63) is 18.2 Å². The minimum absolute atomic E-state index is 0.0550. The van der Waals surface area contributed by atoms with Crippen LogP contribution in [0.5, 0.6) is 0 Å². The van der Waals surface area contributed by atoms with Gasteiger partial charge in [-0.2, -0.15) is 0 Å². The molecule has 0 spiro atoms. The molecule has 1 aromatic rings. The summed E-state index contributed by atoms with van der Waals surface area (Å²) in [6.07, 6.45) is 6.28. The Labute approximate surface area is 123 Å². The molecule has 1 heterocycles. The number of aromatic nitrogens is 2. The third kappa shape index (κ3) is 3.96. The van der Waals surface area contributed by atoms with Gasteiger partial charge in [-0.15, -0.1) is 0 Å². The number of hydrogen-bond donors (Lipinski definition) is 4.